The molecule has 0 radical (unpaired) electrons. The SMILES string of the molecule is Cn1cncc1CN1CCC2(CC(Nc3cccc(F)c3)CO2)C1.O=C(O)C(F)(F)F. The summed E-state index contributed by atoms with van der Waals surface area (Å²) in [6.07, 6.45) is 0.693. The molecule has 2 aromatic rings. The lowest BCUT2D eigenvalue weighted by molar-refractivity contribution is -0.192. The zero-order chi connectivity index (χ0) is 22.6. The van der Waals surface area contributed by atoms with Crippen LogP contribution in [0.2, 0.25) is 0 Å². The van der Waals surface area contributed by atoms with Gasteiger partial charge < -0.3 is 19.7 Å². The van der Waals surface area contributed by atoms with E-state index in [0.717, 1.165) is 38.2 Å². The highest BCUT2D eigenvalue weighted by molar-refractivity contribution is 5.73. The van der Waals surface area contributed by atoms with Gasteiger partial charge in [0.25, 0.3) is 0 Å². The van der Waals surface area contributed by atoms with Crippen molar-refractivity contribution in [3.8, 4) is 0 Å². The molecule has 2 unspecified atom stereocenters. The smallest absolute Gasteiger partial charge is 0.475 e. The number of alkyl halides is 3. The average molecular weight is 444 g/mol. The molecule has 0 saturated carbocycles. The molecule has 170 valence electrons. The molecule has 1 spiro atoms. The fourth-order valence-corrected chi connectivity index (χ4v) is 3.86. The largest absolute Gasteiger partial charge is 0.490 e. The van der Waals surface area contributed by atoms with E-state index in [4.69, 9.17) is 14.6 Å². The zero-order valence-electron chi connectivity index (χ0n) is 16.9. The molecule has 0 bridgehead atoms. The van der Waals surface area contributed by atoms with Crippen LogP contribution in [0.15, 0.2) is 36.8 Å². The van der Waals surface area contributed by atoms with Crippen molar-refractivity contribution in [2.75, 3.05) is 25.0 Å². The van der Waals surface area contributed by atoms with Gasteiger partial charge in [-0.05, 0) is 24.6 Å². The minimum atomic E-state index is -5.08. The highest BCUT2D eigenvalue weighted by Gasteiger charge is 2.45. The molecule has 7 nitrogen and oxygen atoms in total. The number of hydrogen-bond donors (Lipinski definition) is 2. The maximum absolute atomic E-state index is 13.3. The van der Waals surface area contributed by atoms with Gasteiger partial charge in [-0.25, -0.2) is 14.2 Å². The Kier molecular flexibility index (Phi) is 6.85. The molecule has 2 fully saturated rings. The molecule has 2 N–H and O–H groups in total. The summed E-state index contributed by atoms with van der Waals surface area (Å²) in [6, 6.07) is 6.87. The third kappa shape index (κ3) is 6.17. The van der Waals surface area contributed by atoms with E-state index in [1.165, 1.54) is 17.8 Å². The van der Waals surface area contributed by atoms with E-state index in [2.05, 4.69) is 19.8 Å². The minimum absolute atomic E-state index is 0.0659. The first kappa shape index (κ1) is 23.0. The van der Waals surface area contributed by atoms with E-state index in [-0.39, 0.29) is 17.5 Å². The number of carbonyl (C=O) groups is 1. The van der Waals surface area contributed by atoms with Crippen LogP contribution in [0.3, 0.4) is 0 Å². The molecule has 2 saturated heterocycles. The molecule has 31 heavy (non-hydrogen) atoms. The second kappa shape index (κ2) is 9.23. The van der Waals surface area contributed by atoms with E-state index >= 15 is 0 Å². The van der Waals surface area contributed by atoms with Crippen LogP contribution in [0.5, 0.6) is 0 Å². The Balaban J connectivity index is 0.000000339. The fourth-order valence-electron chi connectivity index (χ4n) is 3.86. The van der Waals surface area contributed by atoms with Gasteiger partial charge in [-0.3, -0.25) is 4.90 Å². The average Bonchev–Trinajstić information content (AvgIpc) is 3.38. The summed E-state index contributed by atoms with van der Waals surface area (Å²) in [6.45, 7) is 3.57. The number of nitrogens with one attached hydrogen (secondary N) is 1. The van der Waals surface area contributed by atoms with Gasteiger partial charge in [-0.2, -0.15) is 13.2 Å². The number of carboxylic acid groups (broad SMARTS) is 1. The fraction of sp³-hybridized carbons (Fsp3) is 0.500. The molecule has 1 aromatic carbocycles. The molecule has 2 aliphatic rings. The number of anilines is 1. The lowest BCUT2D eigenvalue weighted by atomic mass is 9.97. The molecule has 2 aliphatic heterocycles. The first-order valence-corrected chi connectivity index (χ1v) is 9.70. The van der Waals surface area contributed by atoms with Gasteiger partial charge in [0.05, 0.1) is 30.3 Å². The van der Waals surface area contributed by atoms with Crippen LogP contribution < -0.4 is 5.32 Å². The second-order valence-corrected chi connectivity index (χ2v) is 7.81. The molecular weight excluding hydrogens is 420 g/mol. The number of hydrogen-bond acceptors (Lipinski definition) is 5. The van der Waals surface area contributed by atoms with Gasteiger partial charge in [0.15, 0.2) is 0 Å². The van der Waals surface area contributed by atoms with Crippen molar-refractivity contribution in [3.05, 3.63) is 48.3 Å². The number of rotatable bonds is 4. The number of aliphatic carboxylic acids is 1. The van der Waals surface area contributed by atoms with Gasteiger partial charge in [0.1, 0.15) is 5.82 Å². The Morgan fingerprint density at radius 2 is 2.16 bits per heavy atom. The van der Waals surface area contributed by atoms with E-state index in [1.54, 1.807) is 6.07 Å². The van der Waals surface area contributed by atoms with E-state index in [0.29, 0.717) is 6.61 Å². The molecule has 11 heteroatoms. The summed E-state index contributed by atoms with van der Waals surface area (Å²) in [5.74, 6) is -2.97. The van der Waals surface area contributed by atoms with Crippen molar-refractivity contribution < 1.29 is 32.2 Å². The number of halogens is 4. The number of aromatic nitrogens is 2. The highest BCUT2D eigenvalue weighted by atomic mass is 19.4. The molecule has 1 aromatic heterocycles. The molecule has 0 amide bonds. The van der Waals surface area contributed by atoms with E-state index in [9.17, 15) is 17.6 Å². The van der Waals surface area contributed by atoms with E-state index < -0.39 is 12.1 Å². The quantitative estimate of drug-likeness (QED) is 0.706. The second-order valence-electron chi connectivity index (χ2n) is 7.81. The van der Waals surface area contributed by atoms with Crippen molar-refractivity contribution in [2.24, 2.45) is 7.05 Å². The van der Waals surface area contributed by atoms with Gasteiger partial charge in [0.2, 0.25) is 0 Å². The maximum Gasteiger partial charge on any atom is 0.490 e. The first-order valence-electron chi connectivity index (χ1n) is 9.70. The summed E-state index contributed by atoms with van der Waals surface area (Å²) < 4.78 is 53.3. The summed E-state index contributed by atoms with van der Waals surface area (Å²) >= 11 is 0. The lowest BCUT2D eigenvalue weighted by Crippen LogP contribution is -2.33. The zero-order valence-corrected chi connectivity index (χ0v) is 16.9. The molecule has 0 aliphatic carbocycles. The Morgan fingerprint density at radius 1 is 1.42 bits per heavy atom. The first-order chi connectivity index (χ1) is 14.6. The molecule has 4 rings (SSSR count). The van der Waals surface area contributed by atoms with Crippen LogP contribution in [-0.4, -0.2) is 63.0 Å². The topological polar surface area (TPSA) is 79.6 Å². The van der Waals surface area contributed by atoms with Crippen molar-refractivity contribution in [1.29, 1.82) is 0 Å². The number of ether oxygens (including phenoxy) is 1. The highest BCUT2D eigenvalue weighted by Crippen LogP contribution is 2.36. The standard InChI is InChI=1S/C18H23FN4O.C2HF3O2/c1-22-13-20-9-17(22)10-23-6-5-18(12-23)8-16(11-24-18)21-15-4-2-3-14(19)7-15;3-2(4,5)1(6)7/h2-4,7,9,13,16,21H,5-6,8,10-12H2,1H3;(H,6,7). The Labute approximate surface area is 176 Å². The van der Waals surface area contributed by atoms with Gasteiger partial charge in [-0.15, -0.1) is 0 Å². The van der Waals surface area contributed by atoms with Crippen molar-refractivity contribution >= 4 is 11.7 Å². The van der Waals surface area contributed by atoms with Crippen LogP contribution >= 0.6 is 0 Å². The van der Waals surface area contributed by atoms with Gasteiger partial charge in [-0.1, -0.05) is 6.07 Å². The molecule has 2 atom stereocenters. The van der Waals surface area contributed by atoms with Gasteiger partial charge >= 0.3 is 12.1 Å². The number of carboxylic acids is 1. The van der Waals surface area contributed by atoms with Crippen LogP contribution in [0.4, 0.5) is 23.2 Å². The van der Waals surface area contributed by atoms with Crippen LogP contribution in [0.25, 0.3) is 0 Å². The number of benzene rings is 1. The summed E-state index contributed by atoms with van der Waals surface area (Å²) in [5.41, 5.74) is 1.98. The monoisotopic (exact) mass is 444 g/mol. The number of imidazole rings is 1. The maximum atomic E-state index is 13.3. The van der Waals surface area contributed by atoms with Crippen molar-refractivity contribution in [1.82, 2.24) is 14.5 Å². The van der Waals surface area contributed by atoms with Gasteiger partial charge in [0, 0.05) is 45.0 Å². The minimum Gasteiger partial charge on any atom is -0.475 e. The Morgan fingerprint density at radius 3 is 2.77 bits per heavy atom. The third-order valence-corrected chi connectivity index (χ3v) is 5.34. The van der Waals surface area contributed by atoms with E-state index in [1.807, 2.05) is 25.6 Å². The molecular formula is C20H24F4N4O3. The predicted octanol–water partition coefficient (Wildman–Crippen LogP) is 3.04. The summed E-state index contributed by atoms with van der Waals surface area (Å²) in [4.78, 5) is 15.5. The number of nitrogens with zero attached hydrogens (tertiary/aromatic N) is 3. The normalized spacial score (nSPS) is 23.6. The van der Waals surface area contributed by atoms with Crippen LogP contribution in [0, 0.1) is 5.82 Å². The van der Waals surface area contributed by atoms with Crippen LogP contribution in [-0.2, 0) is 23.1 Å². The van der Waals surface area contributed by atoms with Crippen molar-refractivity contribution in [2.45, 2.75) is 37.2 Å². The van der Waals surface area contributed by atoms with Crippen LogP contribution in [0.1, 0.15) is 18.5 Å². The Bertz CT molecular complexity index is 905. The number of aryl methyl sites for hydroxylation is 1. The predicted molar refractivity (Wildman–Crippen MR) is 104 cm³/mol. The summed E-state index contributed by atoms with van der Waals surface area (Å²) in [7, 11) is 2.03. The van der Waals surface area contributed by atoms with Crippen molar-refractivity contribution in [3.63, 3.8) is 0 Å². The molecule has 3 heterocycles. The lowest BCUT2D eigenvalue weighted by Gasteiger charge is -2.23. The Hall–Kier alpha value is -2.66. The summed E-state index contributed by atoms with van der Waals surface area (Å²) in [5, 5.41) is 10.5. The third-order valence-electron chi connectivity index (χ3n) is 5.34. The number of likely N-dealkylation sites (tertiary alicyclic amines) is 1.